The first-order chi connectivity index (χ1) is 8.58. The zero-order valence-corrected chi connectivity index (χ0v) is 11.7. The second-order valence-corrected chi connectivity index (χ2v) is 4.85. The minimum Gasteiger partial charge on any atom is -0.450 e. The number of carbonyl (C=O) groups is 2. The monoisotopic (exact) mass is 276 g/mol. The van der Waals surface area contributed by atoms with Crippen molar-refractivity contribution in [3.63, 3.8) is 0 Å². The summed E-state index contributed by atoms with van der Waals surface area (Å²) in [6.07, 6.45) is 1.34. The molecule has 1 saturated heterocycles. The van der Waals surface area contributed by atoms with Crippen LogP contribution in [-0.4, -0.2) is 48.5 Å². The van der Waals surface area contributed by atoms with Gasteiger partial charge in [0, 0.05) is 30.9 Å². The van der Waals surface area contributed by atoms with E-state index in [1.807, 2.05) is 6.92 Å². The highest BCUT2D eigenvalue weighted by Crippen LogP contribution is 2.14. The van der Waals surface area contributed by atoms with E-state index >= 15 is 0 Å². The molecule has 6 heteroatoms. The highest BCUT2D eigenvalue weighted by atomic mass is 35.5. The van der Waals surface area contributed by atoms with Crippen LogP contribution in [0.1, 0.15) is 26.7 Å². The van der Waals surface area contributed by atoms with Crippen LogP contribution in [0.3, 0.4) is 0 Å². The van der Waals surface area contributed by atoms with Gasteiger partial charge in [-0.15, -0.1) is 11.6 Å². The van der Waals surface area contributed by atoms with Gasteiger partial charge in [0.25, 0.3) is 0 Å². The summed E-state index contributed by atoms with van der Waals surface area (Å²) < 4.78 is 4.83. The van der Waals surface area contributed by atoms with Gasteiger partial charge in [-0.1, -0.05) is 6.92 Å². The van der Waals surface area contributed by atoms with Gasteiger partial charge < -0.3 is 15.0 Å². The summed E-state index contributed by atoms with van der Waals surface area (Å²) in [5, 5.41) is 2.77. The Kier molecular flexibility index (Phi) is 6.25. The third kappa shape index (κ3) is 4.37. The molecule has 0 aliphatic carbocycles. The highest BCUT2D eigenvalue weighted by Gasteiger charge is 2.27. The van der Waals surface area contributed by atoms with E-state index in [0.29, 0.717) is 19.0 Å². The molecule has 18 heavy (non-hydrogen) atoms. The number of nitrogens with zero attached hydrogens (tertiary/aromatic N) is 1. The summed E-state index contributed by atoms with van der Waals surface area (Å²) in [6, 6.07) is -0.0238. The molecule has 0 aromatic heterocycles. The molecule has 0 aromatic carbocycles. The van der Waals surface area contributed by atoms with Crippen molar-refractivity contribution in [1.29, 1.82) is 0 Å². The highest BCUT2D eigenvalue weighted by molar-refractivity contribution is 6.19. The molecule has 1 heterocycles. The normalized spacial score (nSPS) is 21.3. The van der Waals surface area contributed by atoms with Crippen LogP contribution in [-0.2, 0) is 9.53 Å². The standard InChI is InChI=1S/C12H21ClN2O3/c1-3-18-12(17)14-10-5-4-6-15(8-10)11(16)9(2)7-13/h9-10H,3-8H2,1-2H3,(H,14,17). The van der Waals surface area contributed by atoms with Crippen molar-refractivity contribution < 1.29 is 14.3 Å². The third-order valence-corrected chi connectivity index (χ3v) is 3.45. The smallest absolute Gasteiger partial charge is 0.407 e. The van der Waals surface area contributed by atoms with Gasteiger partial charge in [-0.05, 0) is 19.8 Å². The molecular weight excluding hydrogens is 256 g/mol. The van der Waals surface area contributed by atoms with Crippen LogP contribution >= 0.6 is 11.6 Å². The van der Waals surface area contributed by atoms with Crippen molar-refractivity contribution in [3.05, 3.63) is 0 Å². The van der Waals surface area contributed by atoms with Crippen molar-refractivity contribution in [2.45, 2.75) is 32.7 Å². The molecule has 0 aromatic rings. The Hall–Kier alpha value is -0.970. The second-order valence-electron chi connectivity index (χ2n) is 4.54. The van der Waals surface area contributed by atoms with Gasteiger partial charge in [-0.25, -0.2) is 4.79 Å². The number of nitrogens with one attached hydrogen (secondary N) is 1. The Labute approximate surface area is 113 Å². The van der Waals surface area contributed by atoms with E-state index in [0.717, 1.165) is 19.4 Å². The first-order valence-corrected chi connectivity index (χ1v) is 6.90. The molecule has 104 valence electrons. The van der Waals surface area contributed by atoms with E-state index in [9.17, 15) is 9.59 Å². The van der Waals surface area contributed by atoms with Crippen LogP contribution in [0.15, 0.2) is 0 Å². The summed E-state index contributed by atoms with van der Waals surface area (Å²) in [7, 11) is 0. The number of amides is 2. The maximum atomic E-state index is 12.0. The molecule has 5 nitrogen and oxygen atoms in total. The number of alkyl carbamates (subject to hydrolysis) is 1. The summed E-state index contributed by atoms with van der Waals surface area (Å²) >= 11 is 5.69. The Bertz CT molecular complexity index is 299. The van der Waals surface area contributed by atoms with Gasteiger partial charge >= 0.3 is 6.09 Å². The zero-order valence-electron chi connectivity index (χ0n) is 10.9. The quantitative estimate of drug-likeness (QED) is 0.794. The first-order valence-electron chi connectivity index (χ1n) is 6.36. The van der Waals surface area contributed by atoms with Gasteiger partial charge in [0.2, 0.25) is 5.91 Å². The van der Waals surface area contributed by atoms with Crippen LogP contribution in [0.25, 0.3) is 0 Å². The SMILES string of the molecule is CCOC(=O)NC1CCCN(C(=O)C(C)CCl)C1. The van der Waals surface area contributed by atoms with E-state index in [2.05, 4.69) is 5.32 Å². The van der Waals surface area contributed by atoms with E-state index in [1.165, 1.54) is 0 Å². The average molecular weight is 277 g/mol. The molecule has 1 aliphatic heterocycles. The van der Waals surface area contributed by atoms with E-state index < -0.39 is 6.09 Å². The van der Waals surface area contributed by atoms with Gasteiger partial charge in [0.05, 0.1) is 6.61 Å². The molecule has 2 atom stereocenters. The largest absolute Gasteiger partial charge is 0.450 e. The molecule has 0 bridgehead atoms. The minimum atomic E-state index is -0.415. The number of carbonyl (C=O) groups excluding carboxylic acids is 2. The van der Waals surface area contributed by atoms with Crippen LogP contribution in [0.4, 0.5) is 4.79 Å². The van der Waals surface area contributed by atoms with Gasteiger partial charge in [0.15, 0.2) is 0 Å². The number of likely N-dealkylation sites (tertiary alicyclic amines) is 1. The Morgan fingerprint density at radius 2 is 2.28 bits per heavy atom. The molecule has 0 saturated carbocycles. The number of piperidine rings is 1. The fourth-order valence-electron chi connectivity index (χ4n) is 2.01. The van der Waals surface area contributed by atoms with Crippen LogP contribution in [0, 0.1) is 5.92 Å². The molecule has 1 N–H and O–H groups in total. The zero-order chi connectivity index (χ0) is 13.5. The fourth-order valence-corrected chi connectivity index (χ4v) is 2.14. The predicted octanol–water partition coefficient (Wildman–Crippen LogP) is 1.60. The minimum absolute atomic E-state index is 0.0238. The molecule has 2 unspecified atom stereocenters. The topological polar surface area (TPSA) is 58.6 Å². The van der Waals surface area contributed by atoms with Gasteiger partial charge in [-0.3, -0.25) is 4.79 Å². The molecule has 0 spiro atoms. The Morgan fingerprint density at radius 3 is 2.89 bits per heavy atom. The number of ether oxygens (including phenoxy) is 1. The summed E-state index contributed by atoms with van der Waals surface area (Å²) in [6.45, 7) is 5.21. The van der Waals surface area contributed by atoms with E-state index in [-0.39, 0.29) is 17.9 Å². The number of halogens is 1. The van der Waals surface area contributed by atoms with Crippen LogP contribution in [0.2, 0.25) is 0 Å². The van der Waals surface area contributed by atoms with Crippen molar-refractivity contribution in [3.8, 4) is 0 Å². The van der Waals surface area contributed by atoms with Crippen molar-refractivity contribution in [1.82, 2.24) is 10.2 Å². The molecule has 1 aliphatic rings. The number of hydrogen-bond acceptors (Lipinski definition) is 3. The van der Waals surface area contributed by atoms with E-state index in [4.69, 9.17) is 16.3 Å². The number of alkyl halides is 1. The van der Waals surface area contributed by atoms with Crippen molar-refractivity contribution in [2.75, 3.05) is 25.6 Å². The lowest BCUT2D eigenvalue weighted by molar-refractivity contribution is -0.135. The summed E-state index contributed by atoms with van der Waals surface area (Å²) in [4.78, 5) is 25.1. The number of rotatable bonds is 4. The van der Waals surface area contributed by atoms with E-state index in [1.54, 1.807) is 11.8 Å². The maximum absolute atomic E-state index is 12.0. The lowest BCUT2D eigenvalue weighted by Gasteiger charge is -2.34. The molecule has 1 rings (SSSR count). The Balaban J connectivity index is 2.45. The molecule has 1 fully saturated rings. The maximum Gasteiger partial charge on any atom is 0.407 e. The average Bonchev–Trinajstić information content (AvgIpc) is 2.37. The van der Waals surface area contributed by atoms with Crippen molar-refractivity contribution in [2.24, 2.45) is 5.92 Å². The van der Waals surface area contributed by atoms with Gasteiger partial charge in [-0.2, -0.15) is 0 Å². The second kappa shape index (κ2) is 7.46. The third-order valence-electron chi connectivity index (χ3n) is 2.98. The fraction of sp³-hybridized carbons (Fsp3) is 0.833. The predicted molar refractivity (Wildman–Crippen MR) is 69.6 cm³/mol. The van der Waals surface area contributed by atoms with Crippen LogP contribution < -0.4 is 5.32 Å². The molecular formula is C12H21ClN2O3. The summed E-state index contributed by atoms with van der Waals surface area (Å²) in [5.41, 5.74) is 0. The van der Waals surface area contributed by atoms with Crippen molar-refractivity contribution >= 4 is 23.6 Å². The lowest BCUT2D eigenvalue weighted by Crippen LogP contribution is -2.51. The first kappa shape index (κ1) is 15.1. The lowest BCUT2D eigenvalue weighted by atomic mass is 10.0. The molecule has 2 amide bonds. The van der Waals surface area contributed by atoms with Crippen LogP contribution in [0.5, 0.6) is 0 Å². The molecule has 0 radical (unpaired) electrons. The van der Waals surface area contributed by atoms with Gasteiger partial charge in [0.1, 0.15) is 0 Å². The Morgan fingerprint density at radius 1 is 1.56 bits per heavy atom. The summed E-state index contributed by atoms with van der Waals surface area (Å²) in [5.74, 6) is 0.207. The number of hydrogen-bond donors (Lipinski definition) is 1.